The molecule has 0 radical (unpaired) electrons. The number of terminal acetylenes is 1. The average molecular weight is 291 g/mol. The summed E-state index contributed by atoms with van der Waals surface area (Å²) in [7, 11) is 0. The monoisotopic (exact) mass is 291 g/mol. The average Bonchev–Trinajstić information content (AvgIpc) is 3.00. The molecule has 1 aliphatic heterocycles. The maximum Gasteiger partial charge on any atom is 0.243 e. The van der Waals surface area contributed by atoms with Gasteiger partial charge in [-0.2, -0.15) is 0 Å². The molecule has 2 aliphatic rings. The van der Waals surface area contributed by atoms with Crippen LogP contribution in [0.4, 0.5) is 0 Å². The van der Waals surface area contributed by atoms with Crippen LogP contribution in [-0.4, -0.2) is 41.2 Å². The number of carbonyl (C=O) groups is 3. The van der Waals surface area contributed by atoms with E-state index in [1.165, 1.54) is 0 Å². The molecule has 6 heteroatoms. The highest BCUT2D eigenvalue weighted by Crippen LogP contribution is 2.47. The Hall–Kier alpha value is -2.03. The van der Waals surface area contributed by atoms with Crippen LogP contribution in [0.1, 0.15) is 39.0 Å². The van der Waals surface area contributed by atoms with Crippen LogP contribution >= 0.6 is 0 Å². The molecule has 2 fully saturated rings. The molecule has 114 valence electrons. The van der Waals surface area contributed by atoms with Crippen molar-refractivity contribution in [2.75, 3.05) is 6.54 Å². The van der Waals surface area contributed by atoms with Gasteiger partial charge in [-0.15, -0.1) is 6.42 Å². The van der Waals surface area contributed by atoms with Gasteiger partial charge in [0, 0.05) is 12.0 Å². The second-order valence-corrected chi connectivity index (χ2v) is 6.12. The van der Waals surface area contributed by atoms with Crippen LogP contribution in [0.2, 0.25) is 0 Å². The first-order chi connectivity index (χ1) is 9.87. The number of nitrogens with one attached hydrogen (secondary N) is 1. The lowest BCUT2D eigenvalue weighted by Gasteiger charge is -2.27. The van der Waals surface area contributed by atoms with Gasteiger partial charge in [0.05, 0.1) is 12.5 Å². The zero-order valence-corrected chi connectivity index (χ0v) is 12.2. The lowest BCUT2D eigenvalue weighted by Crippen LogP contribution is -2.50. The van der Waals surface area contributed by atoms with E-state index in [4.69, 9.17) is 12.2 Å². The number of hydrogen-bond acceptors (Lipinski definition) is 3. The van der Waals surface area contributed by atoms with E-state index in [9.17, 15) is 14.4 Å². The van der Waals surface area contributed by atoms with Crippen molar-refractivity contribution in [1.29, 1.82) is 0 Å². The van der Waals surface area contributed by atoms with Crippen molar-refractivity contribution in [3.8, 4) is 12.3 Å². The molecule has 1 aliphatic carbocycles. The van der Waals surface area contributed by atoms with E-state index in [0.717, 1.165) is 19.3 Å². The second-order valence-electron chi connectivity index (χ2n) is 6.12. The van der Waals surface area contributed by atoms with Gasteiger partial charge in [0.1, 0.15) is 6.04 Å². The van der Waals surface area contributed by atoms with E-state index in [0.29, 0.717) is 13.0 Å². The number of nitrogens with zero attached hydrogens (tertiary/aromatic N) is 1. The lowest BCUT2D eigenvalue weighted by molar-refractivity contribution is -0.142. The molecule has 21 heavy (non-hydrogen) atoms. The van der Waals surface area contributed by atoms with Gasteiger partial charge in [0.15, 0.2) is 0 Å². The van der Waals surface area contributed by atoms with Crippen LogP contribution in [0, 0.1) is 17.8 Å². The largest absolute Gasteiger partial charge is 0.370 e. The van der Waals surface area contributed by atoms with Gasteiger partial charge >= 0.3 is 0 Å². The third-order valence-electron chi connectivity index (χ3n) is 4.26. The molecule has 1 saturated carbocycles. The van der Waals surface area contributed by atoms with E-state index in [1.54, 1.807) is 4.90 Å². The molecule has 2 atom stereocenters. The summed E-state index contributed by atoms with van der Waals surface area (Å²) in [5.41, 5.74) is 4.80. The van der Waals surface area contributed by atoms with Crippen molar-refractivity contribution in [3.05, 3.63) is 0 Å². The zero-order chi connectivity index (χ0) is 15.6. The molecule has 1 saturated heterocycles. The molecular formula is C15H21N3O3. The van der Waals surface area contributed by atoms with Crippen molar-refractivity contribution in [2.45, 2.75) is 51.1 Å². The summed E-state index contributed by atoms with van der Waals surface area (Å²) in [6, 6.07) is -1.21. The summed E-state index contributed by atoms with van der Waals surface area (Å²) in [5.74, 6) is 1.52. The van der Waals surface area contributed by atoms with Gasteiger partial charge in [-0.05, 0) is 25.7 Å². The summed E-state index contributed by atoms with van der Waals surface area (Å²) in [6.07, 6.45) is 8.38. The second kappa shape index (κ2) is 5.76. The first kappa shape index (κ1) is 15.4. The van der Waals surface area contributed by atoms with Crippen LogP contribution in [-0.2, 0) is 14.4 Å². The Morgan fingerprint density at radius 2 is 2.14 bits per heavy atom. The molecule has 0 aromatic carbocycles. The number of amides is 3. The Balaban J connectivity index is 1.99. The van der Waals surface area contributed by atoms with E-state index >= 15 is 0 Å². The molecule has 3 amide bonds. The Bertz CT molecular complexity index is 505. The first-order valence-corrected chi connectivity index (χ1v) is 7.23. The molecule has 1 heterocycles. The smallest absolute Gasteiger partial charge is 0.243 e. The first-order valence-electron chi connectivity index (χ1n) is 7.23. The quantitative estimate of drug-likeness (QED) is 0.685. The maximum absolute atomic E-state index is 12.4. The van der Waals surface area contributed by atoms with Crippen molar-refractivity contribution in [1.82, 2.24) is 10.2 Å². The Morgan fingerprint density at radius 3 is 2.67 bits per heavy atom. The van der Waals surface area contributed by atoms with Crippen LogP contribution < -0.4 is 11.1 Å². The van der Waals surface area contributed by atoms with Crippen LogP contribution in [0.25, 0.3) is 0 Å². The minimum Gasteiger partial charge on any atom is -0.370 e. The fourth-order valence-corrected chi connectivity index (χ4v) is 2.65. The van der Waals surface area contributed by atoms with Gasteiger partial charge in [-0.25, -0.2) is 0 Å². The predicted molar refractivity (Wildman–Crippen MR) is 76.7 cm³/mol. The highest BCUT2D eigenvalue weighted by atomic mass is 16.2. The van der Waals surface area contributed by atoms with Crippen molar-refractivity contribution < 1.29 is 14.4 Å². The Kier molecular flexibility index (Phi) is 4.21. The molecule has 0 aromatic heterocycles. The van der Waals surface area contributed by atoms with Gasteiger partial charge in [-0.3, -0.25) is 14.4 Å². The zero-order valence-electron chi connectivity index (χ0n) is 12.2. The number of likely N-dealkylation sites (tertiary alicyclic amines) is 1. The number of rotatable bonds is 5. The fraction of sp³-hybridized carbons (Fsp3) is 0.667. The normalized spacial score (nSPS) is 24.0. The van der Waals surface area contributed by atoms with E-state index in [1.807, 2.05) is 6.92 Å². The number of primary amides is 1. The highest BCUT2D eigenvalue weighted by molar-refractivity contribution is 5.92. The SMILES string of the molecule is C#CC(CC(N)=O)NC(=O)[C@@H]1CCCN1C(=O)C1(C)CC1. The topological polar surface area (TPSA) is 92.5 Å². The summed E-state index contributed by atoms with van der Waals surface area (Å²) in [5, 5.41) is 2.63. The van der Waals surface area contributed by atoms with Gasteiger partial charge in [-0.1, -0.05) is 12.8 Å². The number of hydrogen-bond donors (Lipinski definition) is 2. The molecule has 1 unspecified atom stereocenters. The third kappa shape index (κ3) is 3.35. The highest BCUT2D eigenvalue weighted by Gasteiger charge is 2.50. The summed E-state index contributed by atoms with van der Waals surface area (Å²) >= 11 is 0. The van der Waals surface area contributed by atoms with E-state index < -0.39 is 18.0 Å². The summed E-state index contributed by atoms with van der Waals surface area (Å²) < 4.78 is 0. The van der Waals surface area contributed by atoms with Crippen LogP contribution in [0.3, 0.4) is 0 Å². The fourth-order valence-electron chi connectivity index (χ4n) is 2.65. The standard InChI is InChI=1S/C15H21N3O3/c1-3-10(9-12(16)19)17-13(20)11-5-4-8-18(11)14(21)15(2)6-7-15/h1,10-11H,4-9H2,2H3,(H2,16,19)(H,17,20)/t10?,11-/m0/s1. The van der Waals surface area contributed by atoms with E-state index in [2.05, 4.69) is 11.2 Å². The molecule has 0 aromatic rings. The van der Waals surface area contributed by atoms with Gasteiger partial charge < -0.3 is 16.0 Å². The predicted octanol–water partition coefficient (Wildman–Crippen LogP) is -0.229. The Morgan fingerprint density at radius 1 is 1.48 bits per heavy atom. The molecule has 0 spiro atoms. The molecule has 0 bridgehead atoms. The Labute approximate surface area is 124 Å². The minimum atomic E-state index is -0.718. The molecule has 3 N–H and O–H groups in total. The van der Waals surface area contributed by atoms with E-state index in [-0.39, 0.29) is 23.7 Å². The number of nitrogens with two attached hydrogens (primary N) is 1. The summed E-state index contributed by atoms with van der Waals surface area (Å²) in [4.78, 5) is 37.3. The molecular weight excluding hydrogens is 270 g/mol. The van der Waals surface area contributed by atoms with Crippen LogP contribution in [0.15, 0.2) is 0 Å². The van der Waals surface area contributed by atoms with Gasteiger partial charge in [0.25, 0.3) is 0 Å². The maximum atomic E-state index is 12.4. The third-order valence-corrected chi connectivity index (χ3v) is 4.26. The minimum absolute atomic E-state index is 0.0484. The van der Waals surface area contributed by atoms with Crippen LogP contribution in [0.5, 0.6) is 0 Å². The molecule has 6 nitrogen and oxygen atoms in total. The van der Waals surface area contributed by atoms with Crippen molar-refractivity contribution in [3.63, 3.8) is 0 Å². The van der Waals surface area contributed by atoms with Gasteiger partial charge in [0.2, 0.25) is 17.7 Å². The number of carbonyl (C=O) groups excluding carboxylic acids is 3. The van der Waals surface area contributed by atoms with Crippen molar-refractivity contribution in [2.24, 2.45) is 11.1 Å². The summed E-state index contributed by atoms with van der Waals surface area (Å²) in [6.45, 7) is 2.53. The molecule has 2 rings (SSSR count). The van der Waals surface area contributed by atoms with Crippen molar-refractivity contribution >= 4 is 17.7 Å². The lowest BCUT2D eigenvalue weighted by atomic mass is 10.1.